The van der Waals surface area contributed by atoms with E-state index in [1.165, 1.54) is 43.8 Å². The fraction of sp³-hybridized carbons (Fsp3) is 0.667. The Kier molecular flexibility index (Phi) is 3.64. The summed E-state index contributed by atoms with van der Waals surface area (Å²) in [6.45, 7) is 4.08. The first kappa shape index (κ1) is 14.5. The van der Waals surface area contributed by atoms with Crippen molar-refractivity contribution in [2.24, 2.45) is 17.8 Å². The van der Waals surface area contributed by atoms with E-state index in [0.717, 1.165) is 17.8 Å². The minimum absolute atomic E-state index is 0.214. The number of esters is 1. The molecule has 4 aliphatic carbocycles. The van der Waals surface area contributed by atoms with E-state index in [2.05, 4.69) is 11.6 Å². The van der Waals surface area contributed by atoms with Crippen LogP contribution in [-0.2, 0) is 10.2 Å². The Morgan fingerprint density at radius 2 is 1.95 bits per heavy atom. The molecule has 3 nitrogen and oxygen atoms in total. The fourth-order valence-corrected chi connectivity index (χ4v) is 6.81. The molecule has 1 heterocycles. The lowest BCUT2D eigenvalue weighted by Gasteiger charge is -2.56. The Morgan fingerprint density at radius 1 is 1.32 bits per heavy atom. The highest BCUT2D eigenvalue weighted by Crippen LogP contribution is 2.62. The van der Waals surface area contributed by atoms with Gasteiger partial charge in [0.25, 0.3) is 0 Å². The number of hydrogen-bond acceptors (Lipinski definition) is 3. The molecule has 4 heteroatoms. The topological polar surface area (TPSA) is 39.2 Å². The zero-order chi connectivity index (χ0) is 15.2. The highest BCUT2D eigenvalue weighted by atomic mass is 31.0. The number of carbonyl (C=O) groups excluding carboxylic acids is 1. The molecule has 4 bridgehead atoms. The van der Waals surface area contributed by atoms with E-state index in [1.807, 2.05) is 5.93 Å². The van der Waals surface area contributed by atoms with Gasteiger partial charge < -0.3 is 4.74 Å². The molecule has 5 rings (SSSR count). The molecule has 0 radical (unpaired) electrons. The SMILES string of the molecule is C=CCCOC(=O)c1nc[pH]c1C12CC3CC(CC(C3)C1)C2. The van der Waals surface area contributed by atoms with Crippen LogP contribution in [0.5, 0.6) is 0 Å². The summed E-state index contributed by atoms with van der Waals surface area (Å²) in [5, 5.41) is 1.33. The van der Waals surface area contributed by atoms with Crippen molar-refractivity contribution in [3.05, 3.63) is 29.6 Å². The molecule has 0 aliphatic heterocycles. The van der Waals surface area contributed by atoms with Gasteiger partial charge in [-0.25, -0.2) is 9.78 Å². The van der Waals surface area contributed by atoms with E-state index in [4.69, 9.17) is 4.74 Å². The van der Waals surface area contributed by atoms with Crippen LogP contribution in [0.1, 0.15) is 60.7 Å². The van der Waals surface area contributed by atoms with E-state index in [0.29, 0.717) is 26.9 Å². The molecule has 0 aromatic carbocycles. The van der Waals surface area contributed by atoms with Gasteiger partial charge in [0.2, 0.25) is 0 Å². The quantitative estimate of drug-likeness (QED) is 0.461. The third-order valence-electron chi connectivity index (χ3n) is 5.96. The summed E-state index contributed by atoms with van der Waals surface area (Å²) < 4.78 is 5.38. The highest BCUT2D eigenvalue weighted by molar-refractivity contribution is 7.30. The van der Waals surface area contributed by atoms with Gasteiger partial charge in [0.15, 0.2) is 5.69 Å². The van der Waals surface area contributed by atoms with Crippen LogP contribution in [0.25, 0.3) is 0 Å². The van der Waals surface area contributed by atoms with E-state index in [1.54, 1.807) is 6.08 Å². The standard InChI is InChI=1S/C18H24NO2P/c1-2-3-4-21-17(20)15-16(22-11-19-15)18-8-12-5-13(9-18)7-14(6-12)10-18/h2,11-14,22H,1,3-10H2. The molecule has 1 unspecified atom stereocenters. The monoisotopic (exact) mass is 317 g/mol. The first-order valence-electron chi connectivity index (χ1n) is 8.52. The molecule has 4 saturated carbocycles. The molecule has 1 atom stereocenters. The van der Waals surface area contributed by atoms with Gasteiger partial charge in [-0.05, 0) is 62.7 Å². The van der Waals surface area contributed by atoms with Crippen molar-refractivity contribution in [1.29, 1.82) is 0 Å². The third-order valence-corrected chi connectivity index (χ3v) is 7.27. The summed E-state index contributed by atoms with van der Waals surface area (Å²) in [6.07, 6.45) is 10.6. The molecule has 1 aromatic rings. The zero-order valence-electron chi connectivity index (χ0n) is 13.0. The van der Waals surface area contributed by atoms with Crippen molar-refractivity contribution in [2.75, 3.05) is 6.61 Å². The number of aromatic nitrogens is 1. The maximum atomic E-state index is 12.4. The van der Waals surface area contributed by atoms with Gasteiger partial charge in [-0.15, -0.1) is 14.8 Å². The average Bonchev–Trinajstić information content (AvgIpc) is 2.96. The summed E-state index contributed by atoms with van der Waals surface area (Å²) >= 11 is 0. The first-order chi connectivity index (χ1) is 10.7. The van der Waals surface area contributed by atoms with Gasteiger partial charge in [-0.2, -0.15) is 0 Å². The van der Waals surface area contributed by atoms with E-state index < -0.39 is 0 Å². The second-order valence-electron chi connectivity index (χ2n) is 7.54. The van der Waals surface area contributed by atoms with Crippen molar-refractivity contribution in [2.45, 2.75) is 50.4 Å². The van der Waals surface area contributed by atoms with Crippen molar-refractivity contribution in [3.63, 3.8) is 0 Å². The number of rotatable bonds is 5. The lowest BCUT2D eigenvalue weighted by atomic mass is 9.49. The lowest BCUT2D eigenvalue weighted by molar-refractivity contribution is -0.00440. The van der Waals surface area contributed by atoms with Crippen LogP contribution in [0, 0.1) is 17.8 Å². The van der Waals surface area contributed by atoms with Gasteiger partial charge in [0.1, 0.15) is 0 Å². The van der Waals surface area contributed by atoms with Gasteiger partial charge in [0.05, 0.1) is 6.61 Å². The Hall–Kier alpha value is -1.08. The normalized spacial score (nSPS) is 35.9. The predicted molar refractivity (Wildman–Crippen MR) is 88.7 cm³/mol. The number of hydrogen-bond donors (Lipinski definition) is 0. The summed E-state index contributed by atoms with van der Waals surface area (Å²) in [7, 11) is 0.588. The molecule has 118 valence electrons. The second-order valence-corrected chi connectivity index (χ2v) is 8.58. The molecular weight excluding hydrogens is 293 g/mol. The van der Waals surface area contributed by atoms with Gasteiger partial charge in [0, 0.05) is 16.6 Å². The Morgan fingerprint density at radius 3 is 2.55 bits per heavy atom. The minimum atomic E-state index is -0.214. The van der Waals surface area contributed by atoms with Crippen molar-refractivity contribution in [3.8, 4) is 0 Å². The summed E-state index contributed by atoms with van der Waals surface area (Å²) in [5.74, 6) is 4.40. The molecule has 4 fully saturated rings. The van der Waals surface area contributed by atoms with Crippen molar-refractivity contribution >= 4 is 14.2 Å². The van der Waals surface area contributed by atoms with E-state index in [-0.39, 0.29) is 11.4 Å². The highest BCUT2D eigenvalue weighted by Gasteiger charge is 2.53. The molecular formula is C18H24NO2P. The van der Waals surface area contributed by atoms with E-state index in [9.17, 15) is 4.79 Å². The van der Waals surface area contributed by atoms with E-state index >= 15 is 0 Å². The Labute approximate surface area is 133 Å². The minimum Gasteiger partial charge on any atom is -0.461 e. The fourth-order valence-electron chi connectivity index (χ4n) is 5.57. The van der Waals surface area contributed by atoms with Crippen LogP contribution >= 0.6 is 8.19 Å². The van der Waals surface area contributed by atoms with Gasteiger partial charge >= 0.3 is 5.97 Å². The molecule has 0 spiro atoms. The molecule has 0 saturated heterocycles. The maximum absolute atomic E-state index is 12.4. The van der Waals surface area contributed by atoms with Gasteiger partial charge in [-0.1, -0.05) is 6.08 Å². The second kappa shape index (κ2) is 5.53. The Bertz CT molecular complexity index is 556. The zero-order valence-corrected chi connectivity index (χ0v) is 14.0. The van der Waals surface area contributed by atoms with Crippen molar-refractivity contribution < 1.29 is 9.53 Å². The summed E-state index contributed by atoms with van der Waals surface area (Å²) in [4.78, 5) is 16.8. The third kappa shape index (κ3) is 2.34. The largest absolute Gasteiger partial charge is 0.461 e. The summed E-state index contributed by atoms with van der Waals surface area (Å²) in [6, 6.07) is 0. The average molecular weight is 317 g/mol. The molecule has 1 aromatic heterocycles. The molecule has 22 heavy (non-hydrogen) atoms. The Balaban J connectivity index is 1.59. The number of carbonyl (C=O) groups is 1. The molecule has 4 aliphatic rings. The first-order valence-corrected chi connectivity index (χ1v) is 9.60. The van der Waals surface area contributed by atoms with Crippen LogP contribution in [0.2, 0.25) is 0 Å². The molecule has 0 amide bonds. The summed E-state index contributed by atoms with van der Waals surface area (Å²) in [5.41, 5.74) is 0.917. The molecule has 0 N–H and O–H groups in total. The van der Waals surface area contributed by atoms with Crippen molar-refractivity contribution in [1.82, 2.24) is 4.98 Å². The smallest absolute Gasteiger partial charge is 0.357 e. The number of nitrogens with zero attached hydrogens (tertiary/aromatic N) is 1. The predicted octanol–water partition coefficient (Wildman–Crippen LogP) is 4.31. The van der Waals surface area contributed by atoms with Gasteiger partial charge in [-0.3, -0.25) is 0 Å². The van der Waals surface area contributed by atoms with Crippen LogP contribution in [0.15, 0.2) is 18.6 Å². The van der Waals surface area contributed by atoms with Crippen LogP contribution in [-0.4, -0.2) is 17.6 Å². The lowest BCUT2D eigenvalue weighted by Crippen LogP contribution is -2.48. The maximum Gasteiger partial charge on any atom is 0.357 e. The van der Waals surface area contributed by atoms with Crippen LogP contribution in [0.3, 0.4) is 0 Å². The van der Waals surface area contributed by atoms with Crippen LogP contribution < -0.4 is 0 Å². The van der Waals surface area contributed by atoms with Crippen LogP contribution in [0.4, 0.5) is 0 Å². The number of ether oxygens (including phenoxy) is 1.